The van der Waals surface area contributed by atoms with Crippen LogP contribution in [0.1, 0.15) is 253 Å². The predicted molar refractivity (Wildman–Crippen MR) is 253 cm³/mol. The summed E-state index contributed by atoms with van der Waals surface area (Å²) in [5.41, 5.74) is 0.0952. The Hall–Kier alpha value is -0.965. The summed E-state index contributed by atoms with van der Waals surface area (Å²) in [7, 11) is 0. The van der Waals surface area contributed by atoms with E-state index in [0.29, 0.717) is 17.4 Å². The lowest BCUT2D eigenvalue weighted by atomic mass is 9.17. The van der Waals surface area contributed by atoms with Crippen molar-refractivity contribution in [1.29, 1.82) is 0 Å². The van der Waals surface area contributed by atoms with Crippen molar-refractivity contribution < 1.29 is 18.1 Å². The van der Waals surface area contributed by atoms with E-state index in [4.69, 9.17) is 0 Å². The molecule has 1 aromatic carbocycles. The van der Waals surface area contributed by atoms with Crippen LogP contribution in [0.15, 0.2) is 18.2 Å². The zero-order valence-corrected chi connectivity index (χ0v) is 39.6. The normalized spacial score (nSPS) is 12.8. The molecule has 0 aliphatic rings. The number of benzene rings is 1. The van der Waals surface area contributed by atoms with Crippen molar-refractivity contribution in [2.24, 2.45) is 5.92 Å². The van der Waals surface area contributed by atoms with Gasteiger partial charge in [-0.05, 0) is 18.4 Å². The highest BCUT2D eigenvalue weighted by molar-refractivity contribution is 6.79. The van der Waals surface area contributed by atoms with Gasteiger partial charge in [-0.15, -0.1) is 0 Å². The molecule has 0 bridgehead atoms. The number of halogens is 3. The number of hydrogen-bond donors (Lipinski definition) is 1. The van der Waals surface area contributed by atoms with E-state index >= 15 is 0 Å². The molecule has 0 fully saturated rings. The Labute approximate surface area is 356 Å². The molecule has 1 aromatic rings. The van der Waals surface area contributed by atoms with Crippen molar-refractivity contribution in [3.63, 3.8) is 0 Å². The number of rotatable bonds is 41. The predicted octanol–water partition coefficient (Wildman–Crippen LogP) is 18.5. The highest BCUT2D eigenvalue weighted by Gasteiger charge is 2.23. The zero-order valence-electron chi connectivity index (χ0n) is 39.6. The third kappa shape index (κ3) is 31.6. The molecule has 2 atom stereocenters. The maximum atomic E-state index is 13.7. The van der Waals surface area contributed by atoms with Crippen LogP contribution >= 0.6 is 0 Å². The van der Waals surface area contributed by atoms with E-state index in [2.05, 4.69) is 41.5 Å². The first-order chi connectivity index (χ1) is 27.9. The molecule has 0 spiro atoms. The maximum absolute atomic E-state index is 13.7. The van der Waals surface area contributed by atoms with Crippen LogP contribution in [-0.2, 0) is 0 Å². The van der Waals surface area contributed by atoms with E-state index in [1.807, 2.05) is 0 Å². The Bertz CT molecular complexity index is 880. The number of hydrogen-bond acceptors (Lipinski definition) is 0. The van der Waals surface area contributed by atoms with Crippen molar-refractivity contribution in [3.05, 3.63) is 29.8 Å². The molecular formula is C52H101BF3N. The second-order valence-corrected chi connectivity index (χ2v) is 18.7. The monoisotopic (exact) mass is 808 g/mol. The molecule has 2 unspecified atom stereocenters. The number of nitrogens with one attached hydrogen (secondary N) is 1. The van der Waals surface area contributed by atoms with Gasteiger partial charge in [0.2, 0.25) is 12.6 Å². The van der Waals surface area contributed by atoms with Gasteiger partial charge in [-0.25, -0.2) is 4.39 Å². The third-order valence-corrected chi connectivity index (χ3v) is 13.6. The van der Waals surface area contributed by atoms with Crippen LogP contribution in [0, 0.1) is 17.6 Å². The summed E-state index contributed by atoms with van der Waals surface area (Å²) < 4.78 is 40.0. The quantitative estimate of drug-likeness (QED) is 0.0382. The number of quaternary nitrogens is 1. The van der Waals surface area contributed by atoms with Crippen LogP contribution in [0.25, 0.3) is 0 Å². The summed E-state index contributed by atoms with van der Waals surface area (Å²) in [5, 5.41) is 0. The highest BCUT2D eigenvalue weighted by atomic mass is 19.2. The van der Waals surface area contributed by atoms with Crippen LogP contribution in [0.5, 0.6) is 0 Å². The molecule has 0 saturated carbocycles. The van der Waals surface area contributed by atoms with Crippen LogP contribution in [-0.4, -0.2) is 19.5 Å². The summed E-state index contributed by atoms with van der Waals surface area (Å²) in [6.45, 7) is 13.4. The van der Waals surface area contributed by atoms with E-state index in [-0.39, 0.29) is 11.8 Å². The maximum Gasteiger partial charge on any atom is 0.225 e. The fourth-order valence-corrected chi connectivity index (χ4v) is 9.48. The second-order valence-electron chi connectivity index (χ2n) is 18.7. The molecule has 0 amide bonds. The summed E-state index contributed by atoms with van der Waals surface area (Å²) >= 11 is 0. The molecule has 1 nitrogen and oxygen atoms in total. The van der Waals surface area contributed by atoms with Gasteiger partial charge in [0.25, 0.3) is 0 Å². The molecular weight excluding hydrogens is 706 g/mol. The van der Waals surface area contributed by atoms with E-state index < -0.39 is 18.4 Å². The standard InChI is InChI=1S/C36H76B.C16H24F3N/c1-5-9-13-17-21-25-29-33-37(34-30-26-22-18-14-10-6-2,35-31-27-23-19-15-11-7-3)36-32-28-24-20-16-12-8-4;1-3-5-7-13(4-2)10-11-20(12-17)15-9-6-8-14(18)16(15)19/h5-36H2,1-4H3;6,8-9,13H,3-5,7,10-12H2,1-2H3/q-1;/p+1. The second kappa shape index (κ2) is 41.8. The van der Waals surface area contributed by atoms with Gasteiger partial charge in [-0.1, -0.05) is 253 Å². The fraction of sp³-hybridized carbons (Fsp3) is 0.885. The fourth-order valence-electron chi connectivity index (χ4n) is 9.48. The van der Waals surface area contributed by atoms with E-state index in [1.165, 1.54) is 192 Å². The topological polar surface area (TPSA) is 4.44 Å². The van der Waals surface area contributed by atoms with E-state index in [0.717, 1.165) is 38.2 Å². The lowest BCUT2D eigenvalue weighted by Gasteiger charge is -2.41. The van der Waals surface area contributed by atoms with Crippen molar-refractivity contribution in [2.45, 2.75) is 279 Å². The molecule has 0 aliphatic carbocycles. The zero-order chi connectivity index (χ0) is 42.1. The van der Waals surface area contributed by atoms with Gasteiger partial charge in [0.1, 0.15) is 0 Å². The minimum absolute atomic E-state index is 0.0952. The first kappa shape index (κ1) is 56.0. The summed E-state index contributed by atoms with van der Waals surface area (Å²) in [5.74, 6) is -1.30. The number of alkyl halides is 1. The average molecular weight is 808 g/mol. The summed E-state index contributed by atoms with van der Waals surface area (Å²) in [6.07, 6.45) is 53.0. The van der Waals surface area contributed by atoms with Crippen molar-refractivity contribution in [1.82, 2.24) is 0 Å². The van der Waals surface area contributed by atoms with Crippen LogP contribution in [0.4, 0.5) is 18.9 Å². The van der Waals surface area contributed by atoms with Crippen LogP contribution < -0.4 is 4.90 Å². The summed E-state index contributed by atoms with van der Waals surface area (Å²) in [6, 6.07) is 3.95. The Morgan fingerprint density at radius 3 is 1.14 bits per heavy atom. The van der Waals surface area contributed by atoms with Gasteiger partial charge in [-0.3, -0.25) is 4.90 Å². The molecule has 0 heterocycles. The Morgan fingerprint density at radius 2 is 0.807 bits per heavy atom. The van der Waals surface area contributed by atoms with Crippen molar-refractivity contribution in [2.75, 3.05) is 13.3 Å². The minimum atomic E-state index is -0.929. The molecule has 338 valence electrons. The Morgan fingerprint density at radius 1 is 0.456 bits per heavy atom. The molecule has 0 saturated heterocycles. The largest absolute Gasteiger partial charge is 0.273 e. The smallest absolute Gasteiger partial charge is 0.225 e. The van der Waals surface area contributed by atoms with Crippen molar-refractivity contribution >= 4 is 11.8 Å². The lowest BCUT2D eigenvalue weighted by Crippen LogP contribution is -3.07. The van der Waals surface area contributed by atoms with E-state index in [1.54, 1.807) is 25.3 Å². The molecule has 1 rings (SSSR count). The summed E-state index contributed by atoms with van der Waals surface area (Å²) in [4.78, 5) is 0.372. The SMILES string of the molecule is CCCCC(CC)CC[NH+](CF)c1cccc(F)c1F.CCCCCCCCC[B-](CCCCCCCCC)(CCCCCCCCC)CCCCCCCCC. The van der Waals surface area contributed by atoms with Gasteiger partial charge in [0.05, 0.1) is 6.54 Å². The molecule has 0 aliphatic heterocycles. The molecule has 5 heteroatoms. The number of unbranched alkanes of at least 4 members (excludes halogenated alkanes) is 25. The van der Waals surface area contributed by atoms with Gasteiger partial charge < -0.3 is 0 Å². The van der Waals surface area contributed by atoms with Crippen molar-refractivity contribution in [3.8, 4) is 0 Å². The lowest BCUT2D eigenvalue weighted by molar-refractivity contribution is -0.849. The van der Waals surface area contributed by atoms with Gasteiger partial charge >= 0.3 is 0 Å². The molecule has 57 heavy (non-hydrogen) atoms. The minimum Gasteiger partial charge on any atom is -0.273 e. The molecule has 0 aromatic heterocycles. The van der Waals surface area contributed by atoms with Gasteiger partial charge in [0.15, 0.2) is 11.5 Å². The van der Waals surface area contributed by atoms with E-state index in [9.17, 15) is 13.2 Å². The van der Waals surface area contributed by atoms with Crippen LogP contribution in [0.2, 0.25) is 25.3 Å². The van der Waals surface area contributed by atoms with Gasteiger partial charge in [-0.2, -0.15) is 34.1 Å². The molecule has 1 N–H and O–H groups in total. The van der Waals surface area contributed by atoms with Crippen LogP contribution in [0.3, 0.4) is 0 Å². The first-order valence-corrected chi connectivity index (χ1v) is 25.9. The first-order valence-electron chi connectivity index (χ1n) is 25.9. The highest BCUT2D eigenvalue weighted by Crippen LogP contribution is 2.35. The Balaban J connectivity index is 0.00000131. The Kier molecular flexibility index (Phi) is 41.0. The van der Waals surface area contributed by atoms with Gasteiger partial charge in [0, 0.05) is 12.2 Å². The average Bonchev–Trinajstić information content (AvgIpc) is 3.22. The third-order valence-electron chi connectivity index (χ3n) is 13.6. The molecule has 0 radical (unpaired) electrons.